The quantitative estimate of drug-likeness (QED) is 0.326. The van der Waals surface area contributed by atoms with E-state index >= 15 is 0 Å². The van der Waals surface area contributed by atoms with E-state index in [9.17, 15) is 9.90 Å². The molecule has 130 valence electrons. The van der Waals surface area contributed by atoms with Gasteiger partial charge in [-0.05, 0) is 36.2 Å². The lowest BCUT2D eigenvalue weighted by atomic mass is 10.00. The minimum Gasteiger partial charge on any atom is -0.383 e. The monoisotopic (exact) mass is 340 g/mol. The first-order valence-electron chi connectivity index (χ1n) is 7.91. The van der Waals surface area contributed by atoms with E-state index in [2.05, 4.69) is 20.9 Å². The Morgan fingerprint density at radius 3 is 2.61 bits per heavy atom. The van der Waals surface area contributed by atoms with Gasteiger partial charge < -0.3 is 21.1 Å². The van der Waals surface area contributed by atoms with Crippen LogP contribution in [0.25, 0.3) is 0 Å². The van der Waals surface area contributed by atoms with Crippen LogP contribution in [0.4, 0.5) is 0 Å². The van der Waals surface area contributed by atoms with Gasteiger partial charge in [0.25, 0.3) is 0 Å². The molecule has 1 unspecified atom stereocenters. The van der Waals surface area contributed by atoms with Crippen molar-refractivity contribution >= 4 is 23.2 Å². The summed E-state index contributed by atoms with van der Waals surface area (Å²) in [4.78, 5) is 15.9. The van der Waals surface area contributed by atoms with Crippen molar-refractivity contribution in [2.24, 2.45) is 10.9 Å². The molecule has 1 aromatic heterocycles. The fraction of sp³-hybridized carbons (Fsp3) is 0.625. The second-order valence-electron chi connectivity index (χ2n) is 5.85. The van der Waals surface area contributed by atoms with E-state index in [0.717, 1.165) is 12.1 Å². The predicted molar refractivity (Wildman–Crippen MR) is 95.7 cm³/mol. The van der Waals surface area contributed by atoms with E-state index in [1.807, 2.05) is 37.6 Å². The molecule has 0 radical (unpaired) electrons. The Kier molecular flexibility index (Phi) is 8.05. The Labute approximate surface area is 142 Å². The van der Waals surface area contributed by atoms with Crippen LogP contribution >= 0.6 is 11.3 Å². The first-order valence-corrected chi connectivity index (χ1v) is 8.86. The molecule has 0 spiro atoms. The van der Waals surface area contributed by atoms with Crippen LogP contribution in [0.3, 0.4) is 0 Å². The van der Waals surface area contributed by atoms with E-state index in [0.29, 0.717) is 19.0 Å². The topological polar surface area (TPSA) is 85.8 Å². The molecule has 0 aliphatic heterocycles. The van der Waals surface area contributed by atoms with Crippen LogP contribution in [0.5, 0.6) is 0 Å². The van der Waals surface area contributed by atoms with Gasteiger partial charge in [-0.3, -0.25) is 4.79 Å². The molecule has 6 nitrogen and oxygen atoms in total. The van der Waals surface area contributed by atoms with E-state index < -0.39 is 5.60 Å². The zero-order chi connectivity index (χ0) is 17.3. The van der Waals surface area contributed by atoms with Gasteiger partial charge in [0.1, 0.15) is 5.60 Å². The highest BCUT2D eigenvalue weighted by atomic mass is 32.1. The summed E-state index contributed by atoms with van der Waals surface area (Å²) >= 11 is 1.55. The minimum atomic E-state index is -0.992. The summed E-state index contributed by atoms with van der Waals surface area (Å²) in [5.74, 6) is 0.647. The number of carbonyl (C=O) groups is 1. The lowest BCUT2D eigenvalue weighted by Crippen LogP contribution is -2.42. The van der Waals surface area contributed by atoms with Crippen LogP contribution in [-0.2, 0) is 10.4 Å². The molecule has 23 heavy (non-hydrogen) atoms. The van der Waals surface area contributed by atoms with Gasteiger partial charge in [0, 0.05) is 25.6 Å². The summed E-state index contributed by atoms with van der Waals surface area (Å²) < 4.78 is 0. The number of aliphatic imine (C=N–C) groups is 1. The molecule has 4 N–H and O–H groups in total. The maximum absolute atomic E-state index is 11.5. The lowest BCUT2D eigenvalue weighted by Gasteiger charge is -2.21. The van der Waals surface area contributed by atoms with Crippen molar-refractivity contribution in [1.82, 2.24) is 16.0 Å². The predicted octanol–water partition coefficient (Wildman–Crippen LogP) is 1.28. The molecule has 0 aliphatic carbocycles. The van der Waals surface area contributed by atoms with Crippen molar-refractivity contribution in [2.45, 2.75) is 33.3 Å². The fourth-order valence-electron chi connectivity index (χ4n) is 1.81. The Bertz CT molecular complexity index is 498. The van der Waals surface area contributed by atoms with Crippen LogP contribution in [0.2, 0.25) is 0 Å². The van der Waals surface area contributed by atoms with Gasteiger partial charge in [0.15, 0.2) is 5.96 Å². The zero-order valence-electron chi connectivity index (χ0n) is 14.3. The summed E-state index contributed by atoms with van der Waals surface area (Å²) in [6.07, 6.45) is 0. The highest BCUT2D eigenvalue weighted by molar-refractivity contribution is 7.08. The molecule has 0 aromatic carbocycles. The van der Waals surface area contributed by atoms with Crippen molar-refractivity contribution in [3.05, 3.63) is 22.4 Å². The van der Waals surface area contributed by atoms with Crippen LogP contribution in [0.1, 0.15) is 33.3 Å². The smallest absolute Gasteiger partial charge is 0.222 e. The van der Waals surface area contributed by atoms with Gasteiger partial charge in [-0.25, -0.2) is 4.99 Å². The standard InChI is InChI=1S/C16H28N4O2S/c1-5-17-15(19-8-7-18-14(21)12(2)3)20-11-16(4,22)13-6-9-23-10-13/h6,9-10,12,22H,5,7-8,11H2,1-4H3,(H,18,21)(H2,17,19,20). The summed E-state index contributed by atoms with van der Waals surface area (Å²) in [7, 11) is 0. The Balaban J connectivity index is 2.48. The maximum Gasteiger partial charge on any atom is 0.222 e. The van der Waals surface area contributed by atoms with Crippen molar-refractivity contribution in [3.63, 3.8) is 0 Å². The Morgan fingerprint density at radius 1 is 1.35 bits per heavy atom. The highest BCUT2D eigenvalue weighted by Gasteiger charge is 2.23. The Hall–Kier alpha value is -1.60. The number of hydrogen-bond donors (Lipinski definition) is 4. The number of rotatable bonds is 8. The zero-order valence-corrected chi connectivity index (χ0v) is 15.2. The van der Waals surface area contributed by atoms with Crippen LogP contribution < -0.4 is 16.0 Å². The molecule has 1 amide bonds. The summed E-state index contributed by atoms with van der Waals surface area (Å²) in [6, 6.07) is 1.90. The number of nitrogens with zero attached hydrogens (tertiary/aromatic N) is 1. The molecular formula is C16H28N4O2S. The number of hydrogen-bond acceptors (Lipinski definition) is 4. The number of carbonyl (C=O) groups excluding carboxylic acids is 1. The molecule has 0 saturated heterocycles. The molecule has 0 bridgehead atoms. The van der Waals surface area contributed by atoms with E-state index in [1.165, 1.54) is 0 Å². The maximum atomic E-state index is 11.5. The van der Waals surface area contributed by atoms with Gasteiger partial charge >= 0.3 is 0 Å². The molecule has 0 fully saturated rings. The van der Waals surface area contributed by atoms with Crippen molar-refractivity contribution in [1.29, 1.82) is 0 Å². The number of nitrogens with one attached hydrogen (secondary N) is 3. The second kappa shape index (κ2) is 9.52. The molecule has 1 rings (SSSR count). The second-order valence-corrected chi connectivity index (χ2v) is 6.63. The van der Waals surface area contributed by atoms with Gasteiger partial charge in [-0.15, -0.1) is 0 Å². The first kappa shape index (κ1) is 19.4. The number of amides is 1. The highest BCUT2D eigenvalue weighted by Crippen LogP contribution is 2.23. The molecule has 0 saturated carbocycles. The minimum absolute atomic E-state index is 0.0161. The van der Waals surface area contributed by atoms with Crippen LogP contribution in [-0.4, -0.2) is 43.2 Å². The van der Waals surface area contributed by atoms with Gasteiger partial charge in [0.2, 0.25) is 5.91 Å². The normalized spacial score (nSPS) is 14.4. The van der Waals surface area contributed by atoms with Crippen LogP contribution in [0.15, 0.2) is 21.8 Å². The lowest BCUT2D eigenvalue weighted by molar-refractivity contribution is -0.123. The third-order valence-corrected chi connectivity index (χ3v) is 3.96. The third-order valence-electron chi connectivity index (χ3n) is 3.27. The first-order chi connectivity index (χ1) is 10.9. The summed E-state index contributed by atoms with van der Waals surface area (Å²) in [6.45, 7) is 9.55. The van der Waals surface area contributed by atoms with E-state index in [4.69, 9.17) is 0 Å². The van der Waals surface area contributed by atoms with Crippen LogP contribution in [0, 0.1) is 5.92 Å². The molecule has 1 aromatic rings. The molecule has 0 aliphatic rings. The Morgan fingerprint density at radius 2 is 2.04 bits per heavy atom. The van der Waals surface area contributed by atoms with Gasteiger partial charge in [0.05, 0.1) is 6.54 Å². The van der Waals surface area contributed by atoms with Crippen molar-refractivity contribution in [2.75, 3.05) is 26.2 Å². The van der Waals surface area contributed by atoms with E-state index in [-0.39, 0.29) is 18.4 Å². The van der Waals surface area contributed by atoms with Gasteiger partial charge in [-0.2, -0.15) is 11.3 Å². The molecule has 7 heteroatoms. The average Bonchev–Trinajstić information content (AvgIpc) is 3.03. The van der Waals surface area contributed by atoms with Crippen molar-refractivity contribution in [3.8, 4) is 0 Å². The summed E-state index contributed by atoms with van der Waals surface area (Å²) in [5, 5.41) is 23.5. The molecular weight excluding hydrogens is 312 g/mol. The number of thiophene rings is 1. The van der Waals surface area contributed by atoms with Crippen molar-refractivity contribution < 1.29 is 9.90 Å². The number of guanidine groups is 1. The molecule has 1 heterocycles. The third kappa shape index (κ3) is 7.00. The summed E-state index contributed by atoms with van der Waals surface area (Å²) in [5.41, 5.74) is -0.125. The SMILES string of the molecule is CCNC(=NCC(C)(O)c1ccsc1)NCCNC(=O)C(C)C. The van der Waals surface area contributed by atoms with E-state index in [1.54, 1.807) is 18.3 Å². The average molecular weight is 340 g/mol. The fourth-order valence-corrected chi connectivity index (χ4v) is 2.59. The number of aliphatic hydroxyl groups is 1. The largest absolute Gasteiger partial charge is 0.383 e. The van der Waals surface area contributed by atoms with Gasteiger partial charge in [-0.1, -0.05) is 13.8 Å². The molecule has 1 atom stereocenters.